The Morgan fingerprint density at radius 2 is 2.14 bits per heavy atom. The smallest absolute Gasteiger partial charge is 0.0969 e. The van der Waals surface area contributed by atoms with Gasteiger partial charge in [-0.2, -0.15) is 0 Å². The van der Waals surface area contributed by atoms with Crippen molar-refractivity contribution in [3.8, 4) is 0 Å². The summed E-state index contributed by atoms with van der Waals surface area (Å²) in [6.07, 6.45) is 6.32. The fraction of sp³-hybridized carbons (Fsp3) is 0.200. The number of nitrogens with two attached hydrogens (primary N) is 1. The maximum Gasteiger partial charge on any atom is 0.0969 e. The van der Waals surface area contributed by atoms with Crippen LogP contribution in [0.4, 0.5) is 0 Å². The number of nitrogens with zero attached hydrogens (tertiary/aromatic N) is 2. The van der Waals surface area contributed by atoms with Gasteiger partial charge in [0, 0.05) is 36.9 Å². The highest BCUT2D eigenvalue weighted by Gasteiger charge is 1.99. The number of aromatic nitrogens is 2. The number of thiazole rings is 1. The van der Waals surface area contributed by atoms with Gasteiger partial charge in [-0.3, -0.25) is 4.98 Å². The Kier molecular flexibility index (Phi) is 2.86. The van der Waals surface area contributed by atoms with Gasteiger partial charge in [-0.25, -0.2) is 4.98 Å². The molecule has 0 spiro atoms. The quantitative estimate of drug-likeness (QED) is 0.827. The molecule has 0 aliphatic rings. The summed E-state index contributed by atoms with van der Waals surface area (Å²) in [6, 6.07) is 2.08. The number of pyridine rings is 1. The fourth-order valence-electron chi connectivity index (χ4n) is 1.26. The molecule has 3 nitrogen and oxygen atoms in total. The Morgan fingerprint density at radius 3 is 2.86 bits per heavy atom. The van der Waals surface area contributed by atoms with Crippen molar-refractivity contribution in [2.45, 2.75) is 13.0 Å². The van der Waals surface area contributed by atoms with Crippen molar-refractivity contribution in [1.82, 2.24) is 9.97 Å². The minimum atomic E-state index is 0.540. The monoisotopic (exact) mass is 205 g/mol. The van der Waals surface area contributed by atoms with Crippen LogP contribution in [-0.4, -0.2) is 9.97 Å². The van der Waals surface area contributed by atoms with Crippen LogP contribution in [0.5, 0.6) is 0 Å². The van der Waals surface area contributed by atoms with Gasteiger partial charge < -0.3 is 5.73 Å². The zero-order valence-corrected chi connectivity index (χ0v) is 8.50. The lowest BCUT2D eigenvalue weighted by atomic mass is 10.1. The second-order valence-electron chi connectivity index (χ2n) is 3.01. The minimum absolute atomic E-state index is 0.540. The molecule has 0 aromatic carbocycles. The molecule has 2 aromatic heterocycles. The summed E-state index contributed by atoms with van der Waals surface area (Å²) in [5, 5.41) is 3.09. The zero-order chi connectivity index (χ0) is 9.80. The van der Waals surface area contributed by atoms with Gasteiger partial charge in [0.2, 0.25) is 0 Å². The molecule has 0 amide bonds. The van der Waals surface area contributed by atoms with Crippen molar-refractivity contribution in [1.29, 1.82) is 0 Å². The summed E-state index contributed by atoms with van der Waals surface area (Å²) >= 11 is 1.66. The number of hydrogen-bond acceptors (Lipinski definition) is 4. The summed E-state index contributed by atoms with van der Waals surface area (Å²) in [6.45, 7) is 0.540. The molecule has 0 bridgehead atoms. The van der Waals surface area contributed by atoms with Gasteiger partial charge in [-0.15, -0.1) is 11.3 Å². The van der Waals surface area contributed by atoms with Crippen LogP contribution in [0.3, 0.4) is 0 Å². The van der Waals surface area contributed by atoms with Crippen LogP contribution in [0, 0.1) is 0 Å². The molecule has 2 N–H and O–H groups in total. The van der Waals surface area contributed by atoms with E-state index in [1.807, 2.05) is 17.8 Å². The third kappa shape index (κ3) is 2.16. The first-order chi connectivity index (χ1) is 6.88. The molecule has 2 heterocycles. The molecule has 0 atom stereocenters. The van der Waals surface area contributed by atoms with E-state index in [9.17, 15) is 0 Å². The van der Waals surface area contributed by atoms with Gasteiger partial charge in [0.25, 0.3) is 0 Å². The fourth-order valence-corrected chi connectivity index (χ4v) is 1.92. The first-order valence-corrected chi connectivity index (χ1v) is 5.27. The van der Waals surface area contributed by atoms with E-state index in [2.05, 4.69) is 16.0 Å². The van der Waals surface area contributed by atoms with E-state index in [0.29, 0.717) is 6.54 Å². The summed E-state index contributed by atoms with van der Waals surface area (Å²) in [5.41, 5.74) is 7.78. The molecular formula is C10H11N3S. The SMILES string of the molecule is NCc1cncc(Cc2nccs2)c1. The van der Waals surface area contributed by atoms with Crippen LogP contribution in [-0.2, 0) is 13.0 Å². The Balaban J connectivity index is 2.17. The number of rotatable bonds is 3. The van der Waals surface area contributed by atoms with Crippen LogP contribution < -0.4 is 5.73 Å². The lowest BCUT2D eigenvalue weighted by Crippen LogP contribution is -1.98. The van der Waals surface area contributed by atoms with E-state index >= 15 is 0 Å². The lowest BCUT2D eigenvalue weighted by Gasteiger charge is -2.00. The molecule has 0 saturated heterocycles. The van der Waals surface area contributed by atoms with Crippen molar-refractivity contribution in [2.75, 3.05) is 0 Å². The minimum Gasteiger partial charge on any atom is -0.326 e. The molecular weight excluding hydrogens is 194 g/mol. The molecule has 0 fully saturated rings. The van der Waals surface area contributed by atoms with Crippen LogP contribution in [0.25, 0.3) is 0 Å². The predicted octanol–water partition coefficient (Wildman–Crippen LogP) is 1.59. The Bertz CT molecular complexity index is 398. The third-order valence-electron chi connectivity index (χ3n) is 1.93. The van der Waals surface area contributed by atoms with Gasteiger partial charge in [0.05, 0.1) is 5.01 Å². The molecule has 0 saturated carbocycles. The summed E-state index contributed by atoms with van der Waals surface area (Å²) in [7, 11) is 0. The highest BCUT2D eigenvalue weighted by Crippen LogP contribution is 2.11. The molecule has 2 aromatic rings. The van der Waals surface area contributed by atoms with Crippen LogP contribution in [0.15, 0.2) is 30.0 Å². The molecule has 0 radical (unpaired) electrons. The van der Waals surface area contributed by atoms with E-state index < -0.39 is 0 Å². The van der Waals surface area contributed by atoms with Crippen molar-refractivity contribution in [3.05, 3.63) is 46.2 Å². The van der Waals surface area contributed by atoms with Crippen LogP contribution in [0.2, 0.25) is 0 Å². The Labute approximate surface area is 86.6 Å². The standard InChI is InChI=1S/C10H11N3S/c11-5-9-3-8(6-12-7-9)4-10-13-1-2-14-10/h1-3,6-7H,4-5,11H2. The zero-order valence-electron chi connectivity index (χ0n) is 7.68. The topological polar surface area (TPSA) is 51.8 Å². The van der Waals surface area contributed by atoms with E-state index in [-0.39, 0.29) is 0 Å². The maximum absolute atomic E-state index is 5.54. The molecule has 0 aliphatic carbocycles. The maximum atomic E-state index is 5.54. The third-order valence-corrected chi connectivity index (χ3v) is 2.71. The molecule has 72 valence electrons. The summed E-state index contributed by atoms with van der Waals surface area (Å²) < 4.78 is 0. The lowest BCUT2D eigenvalue weighted by molar-refractivity contribution is 1.02. The van der Waals surface area contributed by atoms with E-state index in [4.69, 9.17) is 5.73 Å². The molecule has 2 rings (SSSR count). The predicted molar refractivity (Wildman–Crippen MR) is 57.0 cm³/mol. The molecule has 14 heavy (non-hydrogen) atoms. The summed E-state index contributed by atoms with van der Waals surface area (Å²) in [4.78, 5) is 8.36. The highest BCUT2D eigenvalue weighted by atomic mass is 32.1. The van der Waals surface area contributed by atoms with Gasteiger partial charge >= 0.3 is 0 Å². The Hall–Kier alpha value is -1.26. The second kappa shape index (κ2) is 4.30. The number of hydrogen-bond donors (Lipinski definition) is 1. The molecule has 0 unspecified atom stereocenters. The van der Waals surface area contributed by atoms with Gasteiger partial charge in [0.15, 0.2) is 0 Å². The largest absolute Gasteiger partial charge is 0.326 e. The van der Waals surface area contributed by atoms with E-state index in [1.165, 1.54) is 5.56 Å². The van der Waals surface area contributed by atoms with E-state index in [0.717, 1.165) is 17.0 Å². The first-order valence-electron chi connectivity index (χ1n) is 4.39. The van der Waals surface area contributed by atoms with Gasteiger partial charge in [0.1, 0.15) is 0 Å². The average molecular weight is 205 g/mol. The normalized spacial score (nSPS) is 10.4. The van der Waals surface area contributed by atoms with E-state index in [1.54, 1.807) is 17.5 Å². The Morgan fingerprint density at radius 1 is 1.29 bits per heavy atom. The molecule has 4 heteroatoms. The second-order valence-corrected chi connectivity index (χ2v) is 3.99. The highest BCUT2D eigenvalue weighted by molar-refractivity contribution is 7.09. The average Bonchev–Trinajstić information content (AvgIpc) is 2.71. The summed E-state index contributed by atoms with van der Waals surface area (Å²) in [5.74, 6) is 0. The van der Waals surface area contributed by atoms with Crippen molar-refractivity contribution < 1.29 is 0 Å². The van der Waals surface area contributed by atoms with Crippen molar-refractivity contribution in [2.24, 2.45) is 5.73 Å². The van der Waals surface area contributed by atoms with Gasteiger partial charge in [-0.1, -0.05) is 6.07 Å². The van der Waals surface area contributed by atoms with Crippen LogP contribution in [0.1, 0.15) is 16.1 Å². The van der Waals surface area contributed by atoms with Gasteiger partial charge in [-0.05, 0) is 11.1 Å². The van der Waals surface area contributed by atoms with Crippen molar-refractivity contribution in [3.63, 3.8) is 0 Å². The first kappa shape index (κ1) is 9.30. The van der Waals surface area contributed by atoms with Crippen LogP contribution >= 0.6 is 11.3 Å². The van der Waals surface area contributed by atoms with Crippen molar-refractivity contribution >= 4 is 11.3 Å². The molecule has 0 aliphatic heterocycles.